The van der Waals surface area contributed by atoms with Crippen LogP contribution >= 0.6 is 20.5 Å². The molecule has 1 heterocycles. The molecule has 0 unspecified atom stereocenters. The number of nitrogens with two attached hydrogens (primary N) is 2. The van der Waals surface area contributed by atoms with E-state index in [9.17, 15) is 43.2 Å². The Bertz CT molecular complexity index is 1610. The second-order valence-electron chi connectivity index (χ2n) is 14.6. The Hall–Kier alpha value is -4.20. The molecule has 0 aliphatic carbocycles. The molecule has 62 heavy (non-hydrogen) atoms. The molecule has 13 N–H and O–H groups in total. The standard InChI is InChI=1S/C36H65N10O14PS/c1-5-6-7-10-46(30(49)8-11-58-13-14-59-12-9-40-33(51)25(37)20-62)18-29(48)42-26(15-22(2)3)34(52)43-27(16-24-17-39-21-41-24)35(53)44-28(19-47)36(54)45-31(32(38)50)23(4)60-61(55,56)57/h17,21-23,25-28,31,47,62H,5-16,18-20,37H2,1-4H3,(H2,38,50)(H,39,41)(H,40,51)(H,42,48)(H,43,52)(H,44,53)(H,45,54)(H2,55,56,57)/t23-,25+,26+,27+,28+,31+/m1/s1. The van der Waals surface area contributed by atoms with Crippen molar-refractivity contribution in [2.24, 2.45) is 17.4 Å². The van der Waals surface area contributed by atoms with Crippen molar-refractivity contribution in [3.05, 3.63) is 18.2 Å². The Balaban J connectivity index is 3.01. The highest BCUT2D eigenvalue weighted by Crippen LogP contribution is 2.38. The highest BCUT2D eigenvalue weighted by Gasteiger charge is 2.35. The van der Waals surface area contributed by atoms with Crippen LogP contribution < -0.4 is 38.1 Å². The summed E-state index contributed by atoms with van der Waals surface area (Å²) in [6.07, 6.45) is 3.25. The van der Waals surface area contributed by atoms with Gasteiger partial charge >= 0.3 is 7.82 Å². The van der Waals surface area contributed by atoms with Crippen LogP contribution in [0.1, 0.15) is 65.5 Å². The van der Waals surface area contributed by atoms with E-state index < -0.39 is 80.3 Å². The molecule has 0 aliphatic rings. The molecular formula is C36H65N10O14PS. The fourth-order valence-electron chi connectivity index (χ4n) is 5.58. The average Bonchev–Trinajstić information content (AvgIpc) is 3.71. The second kappa shape index (κ2) is 30.0. The predicted octanol–water partition coefficient (Wildman–Crippen LogP) is -3.27. The number of unbranched alkanes of at least 4 members (excludes halogenated alkanes) is 2. The van der Waals surface area contributed by atoms with Crippen LogP contribution in [0.15, 0.2) is 12.5 Å². The number of aromatic amines is 1. The Morgan fingerprint density at radius 3 is 2.10 bits per heavy atom. The molecular weight excluding hydrogens is 859 g/mol. The summed E-state index contributed by atoms with van der Waals surface area (Å²) >= 11 is 3.98. The van der Waals surface area contributed by atoms with E-state index in [2.05, 4.69) is 53.7 Å². The van der Waals surface area contributed by atoms with Crippen molar-refractivity contribution in [1.82, 2.24) is 41.5 Å². The van der Waals surface area contributed by atoms with Crippen molar-refractivity contribution in [3.63, 3.8) is 0 Å². The second-order valence-corrected chi connectivity index (χ2v) is 16.2. The Morgan fingerprint density at radius 2 is 1.53 bits per heavy atom. The topological polar surface area (TPSA) is 369 Å². The van der Waals surface area contributed by atoms with Gasteiger partial charge in [0.2, 0.25) is 41.4 Å². The van der Waals surface area contributed by atoms with Gasteiger partial charge in [-0.2, -0.15) is 12.6 Å². The van der Waals surface area contributed by atoms with E-state index in [0.29, 0.717) is 12.1 Å². The number of aliphatic hydroxyl groups is 1. The SMILES string of the molecule is CCCCCN(CC(=O)N[C@@H](CC(C)C)C(=O)N[C@@H](Cc1cnc[nH]1)C(=O)N[C@@H](CO)C(=O)N[C@H](C(N)=O)[C@@H](C)OP(=O)(O)O)C(=O)CCOCCOCCNC(=O)[C@@H](N)CS. The molecule has 26 heteroatoms. The number of amides is 7. The lowest BCUT2D eigenvalue weighted by Crippen LogP contribution is -2.60. The van der Waals surface area contributed by atoms with E-state index in [4.69, 9.17) is 30.7 Å². The van der Waals surface area contributed by atoms with Gasteiger partial charge in [-0.1, -0.05) is 33.6 Å². The van der Waals surface area contributed by atoms with Crippen LogP contribution in [0, 0.1) is 5.92 Å². The summed E-state index contributed by atoms with van der Waals surface area (Å²) in [7, 11) is -5.12. The fourth-order valence-corrected chi connectivity index (χ4v) is 6.30. The van der Waals surface area contributed by atoms with E-state index in [1.54, 1.807) is 13.8 Å². The third-order valence-corrected chi connectivity index (χ3v) is 9.79. The molecule has 1 rings (SSSR count). The zero-order chi connectivity index (χ0) is 46.8. The summed E-state index contributed by atoms with van der Waals surface area (Å²) in [5.41, 5.74) is 11.3. The van der Waals surface area contributed by atoms with Gasteiger partial charge in [-0.05, 0) is 25.7 Å². The third kappa shape index (κ3) is 23.3. The molecule has 0 bridgehead atoms. The normalized spacial score (nSPS) is 14.4. The molecule has 0 radical (unpaired) electrons. The molecule has 6 atom stereocenters. The van der Waals surface area contributed by atoms with Gasteiger partial charge in [-0.15, -0.1) is 0 Å². The highest BCUT2D eigenvalue weighted by molar-refractivity contribution is 7.80. The summed E-state index contributed by atoms with van der Waals surface area (Å²) in [4.78, 5) is 117. The number of imidazole rings is 1. The van der Waals surface area contributed by atoms with Crippen LogP contribution in [0.5, 0.6) is 0 Å². The summed E-state index contributed by atoms with van der Waals surface area (Å²) in [6.45, 7) is 6.47. The van der Waals surface area contributed by atoms with Crippen LogP contribution in [0.2, 0.25) is 0 Å². The lowest BCUT2D eigenvalue weighted by molar-refractivity contribution is -0.138. The smallest absolute Gasteiger partial charge is 0.394 e. The molecule has 354 valence electrons. The van der Waals surface area contributed by atoms with E-state index >= 15 is 0 Å². The molecule has 1 aromatic heterocycles. The maximum Gasteiger partial charge on any atom is 0.469 e. The number of H-pyrrole nitrogens is 1. The average molecular weight is 925 g/mol. The van der Waals surface area contributed by atoms with Crippen molar-refractivity contribution in [3.8, 4) is 0 Å². The monoisotopic (exact) mass is 924 g/mol. The first-order chi connectivity index (χ1) is 29.2. The van der Waals surface area contributed by atoms with Gasteiger partial charge in [0.1, 0.15) is 24.2 Å². The van der Waals surface area contributed by atoms with Crippen molar-refractivity contribution < 1.29 is 67.0 Å². The minimum absolute atomic E-state index is 0.0341. The van der Waals surface area contributed by atoms with Crippen molar-refractivity contribution in [2.45, 2.75) is 103 Å². The molecule has 0 spiro atoms. The lowest BCUT2D eigenvalue weighted by atomic mass is 10.0. The van der Waals surface area contributed by atoms with Gasteiger partial charge in [0, 0.05) is 37.2 Å². The lowest BCUT2D eigenvalue weighted by Gasteiger charge is -2.28. The molecule has 0 aliphatic heterocycles. The van der Waals surface area contributed by atoms with Crippen LogP contribution in [-0.2, 0) is 58.5 Å². The summed E-state index contributed by atoms with van der Waals surface area (Å²) < 4.78 is 26.7. The molecule has 0 saturated carbocycles. The van der Waals surface area contributed by atoms with Gasteiger partial charge in [0.05, 0.1) is 64.5 Å². The number of ether oxygens (including phenoxy) is 2. The molecule has 1 aromatic rings. The van der Waals surface area contributed by atoms with Gasteiger partial charge in [0.25, 0.3) is 0 Å². The number of nitrogens with one attached hydrogen (secondary N) is 6. The number of phosphoric acid groups is 1. The molecule has 0 fully saturated rings. The molecule has 0 aromatic carbocycles. The quantitative estimate of drug-likeness (QED) is 0.0187. The fraction of sp³-hybridized carbons (Fsp3) is 0.722. The van der Waals surface area contributed by atoms with Crippen LogP contribution in [0.25, 0.3) is 0 Å². The zero-order valence-electron chi connectivity index (χ0n) is 35.6. The summed E-state index contributed by atoms with van der Waals surface area (Å²) in [6, 6.07) is -6.87. The summed E-state index contributed by atoms with van der Waals surface area (Å²) in [5.74, 6) is -5.42. The van der Waals surface area contributed by atoms with Crippen molar-refractivity contribution in [1.29, 1.82) is 0 Å². The highest BCUT2D eigenvalue weighted by atomic mass is 32.1. The van der Waals surface area contributed by atoms with Crippen molar-refractivity contribution >= 4 is 61.8 Å². The molecule has 0 saturated heterocycles. The zero-order valence-corrected chi connectivity index (χ0v) is 37.4. The van der Waals surface area contributed by atoms with Gasteiger partial charge < -0.3 is 72.3 Å². The van der Waals surface area contributed by atoms with E-state index in [1.165, 1.54) is 17.4 Å². The molecule has 7 amide bonds. The van der Waals surface area contributed by atoms with Crippen LogP contribution in [0.4, 0.5) is 0 Å². The third-order valence-electron chi connectivity index (χ3n) is 8.79. The van der Waals surface area contributed by atoms with E-state index in [0.717, 1.165) is 19.8 Å². The number of rotatable bonds is 33. The van der Waals surface area contributed by atoms with Gasteiger partial charge in [-0.3, -0.25) is 38.1 Å². The Labute approximate surface area is 366 Å². The largest absolute Gasteiger partial charge is 0.469 e. The molecule has 24 nitrogen and oxygen atoms in total. The maximum absolute atomic E-state index is 13.8. The Morgan fingerprint density at radius 1 is 0.903 bits per heavy atom. The number of phosphoric ester groups is 1. The first-order valence-corrected chi connectivity index (χ1v) is 22.3. The van der Waals surface area contributed by atoms with Gasteiger partial charge in [-0.25, -0.2) is 9.55 Å². The minimum Gasteiger partial charge on any atom is -0.394 e. The van der Waals surface area contributed by atoms with E-state index in [1.807, 2.05) is 6.92 Å². The maximum atomic E-state index is 13.8. The van der Waals surface area contributed by atoms with Crippen molar-refractivity contribution in [2.75, 3.05) is 58.4 Å². The number of aliphatic hydroxyl groups excluding tert-OH is 1. The first kappa shape index (κ1) is 55.8. The number of hydrogen-bond donors (Lipinski definition) is 12. The minimum atomic E-state index is -5.12. The Kier molecular flexibility index (Phi) is 27.0. The first-order valence-electron chi connectivity index (χ1n) is 20.1. The number of primary amides is 1. The van der Waals surface area contributed by atoms with Gasteiger partial charge in [0.15, 0.2) is 0 Å². The van der Waals surface area contributed by atoms with Crippen LogP contribution in [-0.4, -0.2) is 166 Å². The number of aromatic nitrogens is 2. The number of carbonyl (C=O) groups excluding carboxylic acids is 7. The summed E-state index contributed by atoms with van der Waals surface area (Å²) in [5, 5.41) is 22.2. The predicted molar refractivity (Wildman–Crippen MR) is 226 cm³/mol. The number of hydrogen-bond acceptors (Lipinski definition) is 15. The number of thiol groups is 1. The number of nitrogens with zero attached hydrogens (tertiary/aromatic N) is 2. The van der Waals surface area contributed by atoms with Crippen LogP contribution in [0.3, 0.4) is 0 Å². The number of carbonyl (C=O) groups is 7. The van der Waals surface area contributed by atoms with E-state index in [-0.39, 0.29) is 88.8 Å².